The third kappa shape index (κ3) is 3.42. The molecule has 1 aromatic heterocycles. The van der Waals surface area contributed by atoms with Crippen LogP contribution >= 0.6 is 0 Å². The van der Waals surface area contributed by atoms with Gasteiger partial charge in [-0.1, -0.05) is 30.3 Å². The Morgan fingerprint density at radius 1 is 1.23 bits per heavy atom. The monoisotopic (exact) mass is 299 g/mol. The van der Waals surface area contributed by atoms with Gasteiger partial charge in [0.25, 0.3) is 11.5 Å². The number of carbonyl (C=O) groups is 1. The van der Waals surface area contributed by atoms with Crippen molar-refractivity contribution in [3.8, 4) is 0 Å². The number of hydrogen-bond donors (Lipinski definition) is 1. The fourth-order valence-electron chi connectivity index (χ4n) is 2.39. The lowest BCUT2D eigenvalue weighted by Gasteiger charge is -2.27. The number of rotatable bonds is 4. The molecule has 0 spiro atoms. The van der Waals surface area contributed by atoms with Gasteiger partial charge in [-0.3, -0.25) is 9.59 Å². The molecule has 0 saturated heterocycles. The van der Waals surface area contributed by atoms with Gasteiger partial charge < -0.3 is 9.88 Å². The molecule has 1 N–H and O–H groups in total. The quantitative estimate of drug-likeness (QED) is 0.943. The van der Waals surface area contributed by atoms with Crippen molar-refractivity contribution in [2.75, 3.05) is 0 Å². The number of H-pyrrole nitrogens is 1. The van der Waals surface area contributed by atoms with Crippen LogP contribution in [0.1, 0.15) is 41.3 Å². The molecule has 1 heterocycles. The normalized spacial score (nSPS) is 10.8. The van der Waals surface area contributed by atoms with Gasteiger partial charge >= 0.3 is 0 Å². The number of aromatic amines is 1. The van der Waals surface area contributed by atoms with Crippen LogP contribution in [0.2, 0.25) is 0 Å². The maximum atomic E-state index is 12.8. The van der Waals surface area contributed by atoms with Gasteiger partial charge in [0, 0.05) is 12.6 Å². The van der Waals surface area contributed by atoms with Crippen LogP contribution in [0.3, 0.4) is 0 Å². The van der Waals surface area contributed by atoms with Gasteiger partial charge in [-0.25, -0.2) is 4.98 Å². The molecular formula is C17H21N3O2. The summed E-state index contributed by atoms with van der Waals surface area (Å²) in [6.07, 6.45) is 0. The van der Waals surface area contributed by atoms with Crippen LogP contribution in [0.4, 0.5) is 0 Å². The molecule has 0 aliphatic heterocycles. The van der Waals surface area contributed by atoms with E-state index in [4.69, 9.17) is 0 Å². The molecule has 0 bridgehead atoms. The lowest BCUT2D eigenvalue weighted by Crippen LogP contribution is -2.40. The molecule has 0 fully saturated rings. The molecule has 0 aliphatic carbocycles. The van der Waals surface area contributed by atoms with Crippen molar-refractivity contribution in [3.05, 3.63) is 63.3 Å². The number of aromatic nitrogens is 2. The first-order chi connectivity index (χ1) is 10.4. The standard InChI is InChI=1S/C17H21N3O2/c1-11(2)20(10-14-8-6-5-7-9-14)17(22)15-12(3)18-13(4)19-16(15)21/h5-9,11H,10H2,1-4H3,(H,18,19,21). The summed E-state index contributed by atoms with van der Waals surface area (Å²) in [5.74, 6) is 0.225. The highest BCUT2D eigenvalue weighted by molar-refractivity contribution is 5.95. The van der Waals surface area contributed by atoms with Crippen LogP contribution in [0.5, 0.6) is 0 Å². The van der Waals surface area contributed by atoms with Crippen molar-refractivity contribution in [1.82, 2.24) is 14.9 Å². The number of aryl methyl sites for hydroxylation is 2. The van der Waals surface area contributed by atoms with E-state index in [0.29, 0.717) is 18.1 Å². The average Bonchev–Trinajstić information content (AvgIpc) is 2.44. The molecular weight excluding hydrogens is 278 g/mol. The smallest absolute Gasteiger partial charge is 0.264 e. The minimum atomic E-state index is -0.381. The predicted octanol–water partition coefficient (Wildman–Crippen LogP) is 2.44. The van der Waals surface area contributed by atoms with E-state index in [9.17, 15) is 9.59 Å². The third-order valence-corrected chi connectivity index (χ3v) is 3.51. The first-order valence-electron chi connectivity index (χ1n) is 7.32. The van der Waals surface area contributed by atoms with Crippen molar-refractivity contribution < 1.29 is 4.79 Å². The lowest BCUT2D eigenvalue weighted by molar-refractivity contribution is 0.0687. The molecule has 2 rings (SSSR count). The fourth-order valence-corrected chi connectivity index (χ4v) is 2.39. The zero-order valence-corrected chi connectivity index (χ0v) is 13.4. The highest BCUT2D eigenvalue weighted by atomic mass is 16.2. The zero-order valence-electron chi connectivity index (χ0n) is 13.4. The van der Waals surface area contributed by atoms with Gasteiger partial charge in [0.2, 0.25) is 0 Å². The van der Waals surface area contributed by atoms with Crippen molar-refractivity contribution in [2.24, 2.45) is 0 Å². The highest BCUT2D eigenvalue weighted by Gasteiger charge is 2.24. The third-order valence-electron chi connectivity index (χ3n) is 3.51. The van der Waals surface area contributed by atoms with E-state index in [2.05, 4.69) is 9.97 Å². The van der Waals surface area contributed by atoms with E-state index in [-0.39, 0.29) is 23.1 Å². The second-order valence-corrected chi connectivity index (χ2v) is 5.62. The molecule has 2 aromatic rings. The number of amides is 1. The number of benzene rings is 1. The van der Waals surface area contributed by atoms with E-state index >= 15 is 0 Å². The van der Waals surface area contributed by atoms with Gasteiger partial charge in [0.1, 0.15) is 11.4 Å². The Labute approximate surface area is 130 Å². The van der Waals surface area contributed by atoms with E-state index in [1.165, 1.54) is 0 Å². The van der Waals surface area contributed by atoms with Crippen LogP contribution in [0.15, 0.2) is 35.1 Å². The van der Waals surface area contributed by atoms with Crippen LogP contribution in [0.25, 0.3) is 0 Å². The minimum absolute atomic E-state index is 0.0205. The van der Waals surface area contributed by atoms with E-state index in [0.717, 1.165) is 5.56 Å². The largest absolute Gasteiger partial charge is 0.332 e. The van der Waals surface area contributed by atoms with Crippen molar-refractivity contribution >= 4 is 5.91 Å². The Kier molecular flexibility index (Phi) is 4.75. The Hall–Kier alpha value is -2.43. The molecule has 0 atom stereocenters. The maximum Gasteiger partial charge on any atom is 0.264 e. The summed E-state index contributed by atoms with van der Waals surface area (Å²) in [5.41, 5.74) is 1.23. The molecule has 0 saturated carbocycles. The van der Waals surface area contributed by atoms with E-state index < -0.39 is 0 Å². The highest BCUT2D eigenvalue weighted by Crippen LogP contribution is 2.13. The second kappa shape index (κ2) is 6.56. The number of hydrogen-bond acceptors (Lipinski definition) is 3. The molecule has 116 valence electrons. The summed E-state index contributed by atoms with van der Waals surface area (Å²) in [4.78, 5) is 33.4. The topological polar surface area (TPSA) is 66.1 Å². The van der Waals surface area contributed by atoms with Crippen LogP contribution < -0.4 is 5.56 Å². The zero-order chi connectivity index (χ0) is 16.3. The Morgan fingerprint density at radius 2 is 1.86 bits per heavy atom. The van der Waals surface area contributed by atoms with Gasteiger partial charge in [0.15, 0.2) is 0 Å². The van der Waals surface area contributed by atoms with Gasteiger partial charge in [-0.2, -0.15) is 0 Å². The summed E-state index contributed by atoms with van der Waals surface area (Å²) in [6.45, 7) is 7.73. The van der Waals surface area contributed by atoms with Crippen molar-refractivity contribution in [3.63, 3.8) is 0 Å². The van der Waals surface area contributed by atoms with Crippen LogP contribution in [-0.4, -0.2) is 26.8 Å². The Morgan fingerprint density at radius 3 is 2.41 bits per heavy atom. The summed E-state index contributed by atoms with van der Waals surface area (Å²) < 4.78 is 0. The summed E-state index contributed by atoms with van der Waals surface area (Å²) in [5, 5.41) is 0. The first-order valence-corrected chi connectivity index (χ1v) is 7.32. The predicted molar refractivity (Wildman–Crippen MR) is 85.8 cm³/mol. The van der Waals surface area contributed by atoms with Gasteiger partial charge in [-0.05, 0) is 33.3 Å². The fraction of sp³-hybridized carbons (Fsp3) is 0.353. The molecule has 0 aliphatic rings. The molecule has 22 heavy (non-hydrogen) atoms. The molecule has 5 nitrogen and oxygen atoms in total. The maximum absolute atomic E-state index is 12.8. The number of carbonyl (C=O) groups excluding carboxylic acids is 1. The lowest BCUT2D eigenvalue weighted by atomic mass is 10.1. The average molecular weight is 299 g/mol. The van der Waals surface area contributed by atoms with E-state index in [1.54, 1.807) is 18.7 Å². The minimum Gasteiger partial charge on any atom is -0.332 e. The van der Waals surface area contributed by atoms with Crippen molar-refractivity contribution in [2.45, 2.75) is 40.3 Å². The van der Waals surface area contributed by atoms with Crippen LogP contribution in [-0.2, 0) is 6.54 Å². The van der Waals surface area contributed by atoms with Gasteiger partial charge in [0.05, 0.1) is 5.69 Å². The molecule has 1 aromatic carbocycles. The molecule has 5 heteroatoms. The van der Waals surface area contributed by atoms with Crippen LogP contribution in [0, 0.1) is 13.8 Å². The summed E-state index contributed by atoms with van der Waals surface area (Å²) in [6, 6.07) is 9.71. The van der Waals surface area contributed by atoms with Crippen molar-refractivity contribution in [1.29, 1.82) is 0 Å². The molecule has 0 unspecified atom stereocenters. The molecule has 0 radical (unpaired) electrons. The second-order valence-electron chi connectivity index (χ2n) is 5.62. The summed E-state index contributed by atoms with van der Waals surface area (Å²) in [7, 11) is 0. The number of nitrogens with one attached hydrogen (secondary N) is 1. The molecule has 1 amide bonds. The van der Waals surface area contributed by atoms with E-state index in [1.807, 2.05) is 44.2 Å². The Balaban J connectivity index is 2.38. The summed E-state index contributed by atoms with van der Waals surface area (Å²) >= 11 is 0. The van der Waals surface area contributed by atoms with Gasteiger partial charge in [-0.15, -0.1) is 0 Å². The Bertz CT molecular complexity index is 720. The number of nitrogens with zero attached hydrogens (tertiary/aromatic N) is 2. The first kappa shape index (κ1) is 15.9. The SMILES string of the molecule is Cc1nc(C)c(C(=O)N(Cc2ccccc2)C(C)C)c(=O)[nH]1.